The predicted molar refractivity (Wildman–Crippen MR) is 128 cm³/mol. The highest BCUT2D eigenvalue weighted by atomic mass is 35.5. The molecule has 1 aromatic heterocycles. The lowest BCUT2D eigenvalue weighted by molar-refractivity contribution is -0.139. The van der Waals surface area contributed by atoms with E-state index in [-0.39, 0.29) is 11.3 Å². The van der Waals surface area contributed by atoms with Crippen molar-refractivity contribution >= 4 is 34.7 Å². The molecular weight excluding hydrogens is 440 g/mol. The summed E-state index contributed by atoms with van der Waals surface area (Å²) in [7, 11) is 3.88. The molecule has 7 nitrogen and oxygen atoms in total. The third-order valence-electron chi connectivity index (χ3n) is 5.76. The Kier molecular flexibility index (Phi) is 6.51. The van der Waals surface area contributed by atoms with Crippen molar-refractivity contribution in [2.75, 3.05) is 25.5 Å². The van der Waals surface area contributed by atoms with Crippen molar-refractivity contribution in [3.05, 3.63) is 89.0 Å². The second kappa shape index (κ2) is 9.50. The van der Waals surface area contributed by atoms with E-state index in [9.17, 15) is 14.7 Å². The molecule has 1 unspecified atom stereocenters. The third kappa shape index (κ3) is 4.64. The molecule has 170 valence electrons. The minimum atomic E-state index is -0.688. The number of aryl methyl sites for hydroxylation is 1. The van der Waals surface area contributed by atoms with E-state index in [2.05, 4.69) is 4.98 Å². The fourth-order valence-electron chi connectivity index (χ4n) is 4.02. The number of aliphatic hydroxyl groups is 1. The van der Waals surface area contributed by atoms with Gasteiger partial charge >= 0.3 is 0 Å². The average Bonchev–Trinajstić information content (AvgIpc) is 3.41. The van der Waals surface area contributed by atoms with E-state index in [1.807, 2.05) is 54.0 Å². The van der Waals surface area contributed by atoms with E-state index in [1.165, 1.54) is 0 Å². The molecule has 1 fully saturated rings. The maximum atomic E-state index is 13.1. The van der Waals surface area contributed by atoms with Gasteiger partial charge in [0.25, 0.3) is 11.7 Å². The molecule has 1 saturated heterocycles. The minimum absolute atomic E-state index is 0.0857. The smallest absolute Gasteiger partial charge is 0.295 e. The van der Waals surface area contributed by atoms with Crippen molar-refractivity contribution < 1.29 is 14.7 Å². The van der Waals surface area contributed by atoms with Gasteiger partial charge in [-0.2, -0.15) is 0 Å². The first-order chi connectivity index (χ1) is 15.9. The molecule has 8 heteroatoms. The van der Waals surface area contributed by atoms with Gasteiger partial charge in [-0.1, -0.05) is 23.7 Å². The number of hydrogen-bond acceptors (Lipinski definition) is 5. The van der Waals surface area contributed by atoms with E-state index in [0.717, 1.165) is 11.3 Å². The number of nitrogens with zero attached hydrogens (tertiary/aromatic N) is 4. The number of imidazole rings is 1. The Hall–Kier alpha value is -3.58. The second-order valence-electron chi connectivity index (χ2n) is 8.14. The lowest BCUT2D eigenvalue weighted by Gasteiger charge is -2.26. The number of aromatic nitrogens is 2. The van der Waals surface area contributed by atoms with Crippen LogP contribution in [0.4, 0.5) is 5.69 Å². The highest BCUT2D eigenvalue weighted by Crippen LogP contribution is 2.40. The number of likely N-dealkylation sites (tertiary alicyclic amines) is 1. The maximum Gasteiger partial charge on any atom is 0.295 e. The summed E-state index contributed by atoms with van der Waals surface area (Å²) >= 11 is 5.98. The van der Waals surface area contributed by atoms with E-state index in [1.54, 1.807) is 41.7 Å². The Bertz CT molecular complexity index is 1170. The minimum Gasteiger partial charge on any atom is -0.507 e. The molecular formula is C25H25ClN4O3. The van der Waals surface area contributed by atoms with E-state index < -0.39 is 17.7 Å². The number of carbonyl (C=O) groups excluding carboxylic acids is 2. The first-order valence-electron chi connectivity index (χ1n) is 10.6. The van der Waals surface area contributed by atoms with Crippen molar-refractivity contribution in [3.8, 4) is 0 Å². The zero-order valence-electron chi connectivity index (χ0n) is 18.5. The summed E-state index contributed by atoms with van der Waals surface area (Å²) in [6, 6.07) is 13.5. The van der Waals surface area contributed by atoms with Crippen molar-refractivity contribution in [2.45, 2.75) is 19.0 Å². The van der Waals surface area contributed by atoms with Crippen molar-refractivity contribution in [1.82, 2.24) is 14.5 Å². The average molecular weight is 465 g/mol. The number of benzene rings is 2. The van der Waals surface area contributed by atoms with Gasteiger partial charge in [0.1, 0.15) is 5.76 Å². The number of Topliss-reactive ketones (excluding diaryl/α,β-unsaturated/α-hetero) is 1. The van der Waals surface area contributed by atoms with E-state index >= 15 is 0 Å². The topological polar surface area (TPSA) is 78.7 Å². The fourth-order valence-corrected chi connectivity index (χ4v) is 4.14. The molecule has 0 aliphatic carbocycles. The summed E-state index contributed by atoms with van der Waals surface area (Å²) < 4.78 is 1.92. The molecule has 2 heterocycles. The van der Waals surface area contributed by atoms with Crippen LogP contribution < -0.4 is 4.90 Å². The van der Waals surface area contributed by atoms with Crippen LogP contribution in [0.2, 0.25) is 5.02 Å². The van der Waals surface area contributed by atoms with Gasteiger partial charge in [0.2, 0.25) is 0 Å². The standard InChI is InChI=1S/C25H25ClN4O3/c1-28(2)20-10-6-17(7-11-20)22-21(23(31)18-4-8-19(26)9-5-18)24(32)25(33)30(22)14-3-13-29-15-12-27-16-29/h4-12,15-16,22,31H,3,13-14H2,1-2H3. The maximum absolute atomic E-state index is 13.1. The van der Waals surface area contributed by atoms with Crippen LogP contribution in [-0.2, 0) is 16.1 Å². The summed E-state index contributed by atoms with van der Waals surface area (Å²) in [5.74, 6) is -1.51. The number of amides is 1. The van der Waals surface area contributed by atoms with Crippen molar-refractivity contribution in [3.63, 3.8) is 0 Å². The third-order valence-corrected chi connectivity index (χ3v) is 6.01. The normalized spacial score (nSPS) is 17.5. The van der Waals surface area contributed by atoms with Gasteiger partial charge < -0.3 is 19.5 Å². The Morgan fingerprint density at radius 2 is 1.76 bits per heavy atom. The quantitative estimate of drug-likeness (QED) is 0.323. The molecule has 2 aromatic carbocycles. The molecule has 0 spiro atoms. The SMILES string of the molecule is CN(C)c1ccc(C2C(=C(O)c3ccc(Cl)cc3)C(=O)C(=O)N2CCCn2ccnc2)cc1. The number of anilines is 1. The monoisotopic (exact) mass is 464 g/mol. The molecule has 0 radical (unpaired) electrons. The summed E-state index contributed by atoms with van der Waals surface area (Å²) in [4.78, 5) is 33.7. The predicted octanol–water partition coefficient (Wildman–Crippen LogP) is 4.11. The van der Waals surface area contributed by atoms with E-state index in [0.29, 0.717) is 30.1 Å². The van der Waals surface area contributed by atoms with Gasteiger partial charge in [0.15, 0.2) is 0 Å². The lowest BCUT2D eigenvalue weighted by atomic mass is 9.95. The lowest BCUT2D eigenvalue weighted by Crippen LogP contribution is -2.31. The van der Waals surface area contributed by atoms with Crippen LogP contribution in [0.1, 0.15) is 23.6 Å². The summed E-state index contributed by atoms with van der Waals surface area (Å²) in [6.45, 7) is 1.02. The largest absolute Gasteiger partial charge is 0.507 e. The van der Waals surface area contributed by atoms with Crippen LogP contribution in [0.25, 0.3) is 5.76 Å². The molecule has 1 aliphatic heterocycles. The summed E-state index contributed by atoms with van der Waals surface area (Å²) in [5, 5.41) is 11.6. The first-order valence-corrected chi connectivity index (χ1v) is 11.0. The van der Waals surface area contributed by atoms with Crippen molar-refractivity contribution in [2.24, 2.45) is 0 Å². The van der Waals surface area contributed by atoms with Gasteiger partial charge in [0, 0.05) is 55.9 Å². The zero-order valence-corrected chi connectivity index (χ0v) is 19.2. The van der Waals surface area contributed by atoms with Crippen LogP contribution in [0.15, 0.2) is 72.8 Å². The molecule has 3 aromatic rings. The summed E-state index contributed by atoms with van der Waals surface area (Å²) in [5.41, 5.74) is 2.28. The molecule has 1 amide bonds. The van der Waals surface area contributed by atoms with Crippen LogP contribution in [0.3, 0.4) is 0 Å². The van der Waals surface area contributed by atoms with Gasteiger partial charge in [-0.05, 0) is 48.4 Å². The van der Waals surface area contributed by atoms with Gasteiger partial charge in [-0.25, -0.2) is 4.98 Å². The van der Waals surface area contributed by atoms with Crippen LogP contribution in [-0.4, -0.2) is 51.9 Å². The molecule has 1 N–H and O–H groups in total. The first kappa shape index (κ1) is 22.6. The highest BCUT2D eigenvalue weighted by molar-refractivity contribution is 6.46. The number of hydrogen-bond donors (Lipinski definition) is 1. The van der Waals surface area contributed by atoms with Crippen LogP contribution >= 0.6 is 11.6 Å². The number of ketones is 1. The van der Waals surface area contributed by atoms with Crippen molar-refractivity contribution in [1.29, 1.82) is 0 Å². The van der Waals surface area contributed by atoms with Gasteiger partial charge in [0.05, 0.1) is 17.9 Å². The van der Waals surface area contributed by atoms with Gasteiger partial charge in [-0.3, -0.25) is 9.59 Å². The molecule has 33 heavy (non-hydrogen) atoms. The Balaban J connectivity index is 1.73. The highest BCUT2D eigenvalue weighted by Gasteiger charge is 2.45. The molecule has 4 rings (SSSR count). The van der Waals surface area contributed by atoms with E-state index in [4.69, 9.17) is 11.6 Å². The van der Waals surface area contributed by atoms with Crippen LogP contribution in [0, 0.1) is 0 Å². The number of carbonyl (C=O) groups is 2. The number of aliphatic hydroxyl groups excluding tert-OH is 1. The molecule has 0 bridgehead atoms. The second-order valence-corrected chi connectivity index (χ2v) is 8.58. The molecule has 1 atom stereocenters. The van der Waals surface area contributed by atoms with Gasteiger partial charge in [-0.15, -0.1) is 0 Å². The molecule has 0 saturated carbocycles. The van der Waals surface area contributed by atoms with Crippen LogP contribution in [0.5, 0.6) is 0 Å². The Morgan fingerprint density at radius 1 is 1.06 bits per heavy atom. The fraction of sp³-hybridized carbons (Fsp3) is 0.240. The zero-order chi connectivity index (χ0) is 23.5. The Labute approximate surface area is 197 Å². The summed E-state index contributed by atoms with van der Waals surface area (Å²) in [6.07, 6.45) is 5.90. The number of halogens is 1. The number of rotatable bonds is 7. The Morgan fingerprint density at radius 3 is 2.36 bits per heavy atom. The molecule has 1 aliphatic rings.